The fourth-order valence-corrected chi connectivity index (χ4v) is 1.04. The molecular formula is C10H21N. The van der Waals surface area contributed by atoms with Crippen LogP contribution in [-0.2, 0) is 0 Å². The molecule has 11 heavy (non-hydrogen) atoms. The van der Waals surface area contributed by atoms with Crippen LogP contribution >= 0.6 is 0 Å². The molecule has 1 atom stereocenters. The molecule has 0 aliphatic rings. The van der Waals surface area contributed by atoms with Gasteiger partial charge < -0.3 is 5.32 Å². The molecule has 1 N–H and O–H groups in total. The third-order valence-corrected chi connectivity index (χ3v) is 1.84. The molecule has 0 bridgehead atoms. The van der Waals surface area contributed by atoms with Crippen molar-refractivity contribution < 1.29 is 0 Å². The topological polar surface area (TPSA) is 12.0 Å². The molecule has 1 unspecified atom stereocenters. The Morgan fingerprint density at radius 3 is 2.55 bits per heavy atom. The molecule has 0 aromatic carbocycles. The summed E-state index contributed by atoms with van der Waals surface area (Å²) in [6.07, 6.45) is 3.44. The molecule has 66 valence electrons. The Bertz CT molecular complexity index is 107. The number of rotatable bonds is 6. The largest absolute Gasteiger partial charge is 0.314 e. The van der Waals surface area contributed by atoms with Crippen molar-refractivity contribution in [1.82, 2.24) is 5.32 Å². The monoisotopic (exact) mass is 155 g/mol. The molecule has 0 aliphatic heterocycles. The van der Waals surface area contributed by atoms with E-state index in [1.807, 2.05) is 0 Å². The Balaban J connectivity index is 3.35. The second kappa shape index (κ2) is 6.41. The first kappa shape index (κ1) is 10.7. The first-order valence-electron chi connectivity index (χ1n) is 4.60. The highest BCUT2D eigenvalue weighted by molar-refractivity contribution is 4.95. The molecular weight excluding hydrogens is 134 g/mol. The summed E-state index contributed by atoms with van der Waals surface area (Å²) in [6.45, 7) is 11.7. The second-order valence-corrected chi connectivity index (χ2v) is 3.16. The van der Waals surface area contributed by atoms with E-state index in [1.165, 1.54) is 12.0 Å². The maximum atomic E-state index is 3.98. The van der Waals surface area contributed by atoms with Crippen LogP contribution in [0.2, 0.25) is 0 Å². The summed E-state index contributed by atoms with van der Waals surface area (Å²) in [5, 5.41) is 3.44. The van der Waals surface area contributed by atoms with E-state index in [2.05, 4.69) is 32.7 Å². The molecule has 0 amide bonds. The summed E-state index contributed by atoms with van der Waals surface area (Å²) in [6, 6.07) is 0.599. The lowest BCUT2D eigenvalue weighted by Crippen LogP contribution is -2.26. The summed E-state index contributed by atoms with van der Waals surface area (Å²) in [5.41, 5.74) is 1.35. The molecule has 1 heteroatoms. The zero-order valence-electron chi connectivity index (χ0n) is 8.11. The highest BCUT2D eigenvalue weighted by Gasteiger charge is 2.00. The van der Waals surface area contributed by atoms with Gasteiger partial charge in [-0.1, -0.05) is 26.0 Å². The Hall–Kier alpha value is -0.300. The highest BCUT2D eigenvalue weighted by Crippen LogP contribution is 2.05. The average Bonchev–Trinajstić information content (AvgIpc) is 2.00. The molecule has 0 aromatic heterocycles. The summed E-state index contributed by atoms with van der Waals surface area (Å²) in [4.78, 5) is 0. The Kier molecular flexibility index (Phi) is 6.24. The molecule has 0 saturated carbocycles. The normalized spacial score (nSPS) is 13.0. The molecule has 0 fully saturated rings. The standard InChI is InChI=1S/C10H21N/c1-5-7-11-10(4)8-9(3)6-2/h10-11H,3,5-8H2,1-2,4H3. The SMILES string of the molecule is C=C(CC)CC(C)NCCC. The van der Waals surface area contributed by atoms with Gasteiger partial charge in [0.1, 0.15) is 0 Å². The van der Waals surface area contributed by atoms with Gasteiger partial charge in [0.2, 0.25) is 0 Å². The van der Waals surface area contributed by atoms with E-state index in [-0.39, 0.29) is 0 Å². The van der Waals surface area contributed by atoms with E-state index >= 15 is 0 Å². The minimum absolute atomic E-state index is 0.599. The lowest BCUT2D eigenvalue weighted by Gasteiger charge is -2.13. The van der Waals surface area contributed by atoms with Gasteiger partial charge in [0.25, 0.3) is 0 Å². The van der Waals surface area contributed by atoms with Crippen molar-refractivity contribution in [2.45, 2.75) is 46.1 Å². The van der Waals surface area contributed by atoms with Gasteiger partial charge in [0.05, 0.1) is 0 Å². The van der Waals surface area contributed by atoms with Gasteiger partial charge in [-0.05, 0) is 32.7 Å². The van der Waals surface area contributed by atoms with Crippen LogP contribution in [0.4, 0.5) is 0 Å². The molecule has 0 spiro atoms. The quantitative estimate of drug-likeness (QED) is 0.582. The molecule has 0 heterocycles. The second-order valence-electron chi connectivity index (χ2n) is 3.16. The van der Waals surface area contributed by atoms with Gasteiger partial charge in [-0.2, -0.15) is 0 Å². The molecule has 0 radical (unpaired) electrons. The van der Waals surface area contributed by atoms with Gasteiger partial charge in [-0.3, -0.25) is 0 Å². The van der Waals surface area contributed by atoms with Crippen molar-refractivity contribution in [3.05, 3.63) is 12.2 Å². The predicted octanol–water partition coefficient (Wildman–Crippen LogP) is 2.73. The summed E-state index contributed by atoms with van der Waals surface area (Å²) >= 11 is 0. The van der Waals surface area contributed by atoms with Crippen LogP contribution in [0.15, 0.2) is 12.2 Å². The van der Waals surface area contributed by atoms with Gasteiger partial charge >= 0.3 is 0 Å². The molecule has 1 nitrogen and oxygen atoms in total. The van der Waals surface area contributed by atoms with Gasteiger partial charge in [0.15, 0.2) is 0 Å². The van der Waals surface area contributed by atoms with Crippen LogP contribution in [0.3, 0.4) is 0 Å². The zero-order valence-corrected chi connectivity index (χ0v) is 8.11. The fourth-order valence-electron chi connectivity index (χ4n) is 1.04. The maximum Gasteiger partial charge on any atom is 0.00757 e. The van der Waals surface area contributed by atoms with Crippen molar-refractivity contribution in [1.29, 1.82) is 0 Å². The predicted molar refractivity (Wildman–Crippen MR) is 51.8 cm³/mol. The first-order valence-corrected chi connectivity index (χ1v) is 4.60. The van der Waals surface area contributed by atoms with Crippen LogP contribution in [-0.4, -0.2) is 12.6 Å². The third-order valence-electron chi connectivity index (χ3n) is 1.84. The van der Waals surface area contributed by atoms with E-state index in [9.17, 15) is 0 Å². The van der Waals surface area contributed by atoms with E-state index in [0.29, 0.717) is 6.04 Å². The minimum Gasteiger partial charge on any atom is -0.314 e. The summed E-state index contributed by atoms with van der Waals surface area (Å²) in [7, 11) is 0. The lowest BCUT2D eigenvalue weighted by molar-refractivity contribution is 0.538. The van der Waals surface area contributed by atoms with Crippen molar-refractivity contribution in [2.24, 2.45) is 0 Å². The van der Waals surface area contributed by atoms with Crippen LogP contribution in [0.1, 0.15) is 40.0 Å². The van der Waals surface area contributed by atoms with Crippen LogP contribution in [0.25, 0.3) is 0 Å². The highest BCUT2D eigenvalue weighted by atomic mass is 14.9. The smallest absolute Gasteiger partial charge is 0.00757 e. The summed E-state index contributed by atoms with van der Waals surface area (Å²) in [5.74, 6) is 0. The zero-order chi connectivity index (χ0) is 8.69. The fraction of sp³-hybridized carbons (Fsp3) is 0.800. The minimum atomic E-state index is 0.599. The first-order chi connectivity index (χ1) is 5.20. The number of hydrogen-bond acceptors (Lipinski definition) is 1. The van der Waals surface area contributed by atoms with Crippen LogP contribution in [0, 0.1) is 0 Å². The lowest BCUT2D eigenvalue weighted by atomic mass is 10.1. The number of hydrogen-bond donors (Lipinski definition) is 1. The Labute approximate surface area is 70.9 Å². The van der Waals surface area contributed by atoms with Crippen LogP contribution < -0.4 is 5.32 Å². The molecule has 0 saturated heterocycles. The van der Waals surface area contributed by atoms with E-state index in [0.717, 1.165) is 19.4 Å². The Morgan fingerprint density at radius 2 is 2.09 bits per heavy atom. The van der Waals surface area contributed by atoms with E-state index in [1.54, 1.807) is 0 Å². The third kappa shape index (κ3) is 6.11. The van der Waals surface area contributed by atoms with E-state index < -0.39 is 0 Å². The van der Waals surface area contributed by atoms with Gasteiger partial charge in [-0.25, -0.2) is 0 Å². The number of nitrogens with one attached hydrogen (secondary N) is 1. The van der Waals surface area contributed by atoms with Crippen molar-refractivity contribution >= 4 is 0 Å². The van der Waals surface area contributed by atoms with E-state index in [4.69, 9.17) is 0 Å². The molecule has 0 aliphatic carbocycles. The van der Waals surface area contributed by atoms with Crippen LogP contribution in [0.5, 0.6) is 0 Å². The summed E-state index contributed by atoms with van der Waals surface area (Å²) < 4.78 is 0. The van der Waals surface area contributed by atoms with Crippen molar-refractivity contribution in [2.75, 3.05) is 6.54 Å². The maximum absolute atomic E-state index is 3.98. The van der Waals surface area contributed by atoms with Crippen molar-refractivity contribution in [3.63, 3.8) is 0 Å². The Morgan fingerprint density at radius 1 is 1.45 bits per heavy atom. The van der Waals surface area contributed by atoms with Gasteiger partial charge in [0, 0.05) is 6.04 Å². The van der Waals surface area contributed by atoms with Gasteiger partial charge in [-0.15, -0.1) is 0 Å². The molecule has 0 aromatic rings. The molecule has 0 rings (SSSR count). The average molecular weight is 155 g/mol. The van der Waals surface area contributed by atoms with Crippen molar-refractivity contribution in [3.8, 4) is 0 Å².